The standard InChI is InChI=1S/C8H12N4O3/c9-7-6(10-15-11-7)8(14)12-3-1-2-5(12)4-13/h5,13H,1-4H2,(H2,9,11)/t5-/m1/s1. The van der Waals surface area contributed by atoms with E-state index in [0.717, 1.165) is 12.8 Å². The Morgan fingerprint density at radius 2 is 2.47 bits per heavy atom. The molecule has 2 rings (SSSR count). The average molecular weight is 212 g/mol. The van der Waals surface area contributed by atoms with Crippen LogP contribution in [0.25, 0.3) is 0 Å². The first-order valence-corrected chi connectivity index (χ1v) is 4.74. The molecule has 7 nitrogen and oxygen atoms in total. The molecule has 1 aromatic rings. The maximum absolute atomic E-state index is 11.9. The zero-order valence-electron chi connectivity index (χ0n) is 8.09. The first-order valence-electron chi connectivity index (χ1n) is 4.74. The van der Waals surface area contributed by atoms with E-state index in [2.05, 4.69) is 14.9 Å². The first-order chi connectivity index (χ1) is 7.24. The van der Waals surface area contributed by atoms with Crippen molar-refractivity contribution < 1.29 is 14.5 Å². The van der Waals surface area contributed by atoms with Crippen LogP contribution in [0.4, 0.5) is 5.82 Å². The highest BCUT2D eigenvalue weighted by molar-refractivity contribution is 5.96. The van der Waals surface area contributed by atoms with Gasteiger partial charge in [0, 0.05) is 6.54 Å². The van der Waals surface area contributed by atoms with Gasteiger partial charge in [-0.1, -0.05) is 0 Å². The molecule has 0 aliphatic carbocycles. The fraction of sp³-hybridized carbons (Fsp3) is 0.625. The molecular formula is C8H12N4O3. The quantitative estimate of drug-likeness (QED) is 0.668. The number of nitrogen functional groups attached to an aromatic ring is 1. The molecule has 1 saturated heterocycles. The van der Waals surface area contributed by atoms with E-state index in [1.165, 1.54) is 0 Å². The maximum atomic E-state index is 11.9. The largest absolute Gasteiger partial charge is 0.394 e. The van der Waals surface area contributed by atoms with Gasteiger partial charge in [0.2, 0.25) is 11.5 Å². The van der Waals surface area contributed by atoms with Gasteiger partial charge < -0.3 is 15.7 Å². The molecule has 1 amide bonds. The zero-order chi connectivity index (χ0) is 10.8. The lowest BCUT2D eigenvalue weighted by atomic mass is 10.2. The molecule has 2 heterocycles. The number of nitrogens with zero attached hydrogens (tertiary/aromatic N) is 3. The van der Waals surface area contributed by atoms with Gasteiger partial charge in [-0.15, -0.1) is 0 Å². The minimum Gasteiger partial charge on any atom is -0.394 e. The highest BCUT2D eigenvalue weighted by Gasteiger charge is 2.31. The molecule has 0 bridgehead atoms. The van der Waals surface area contributed by atoms with Crippen LogP contribution in [0, 0.1) is 0 Å². The second-order valence-electron chi connectivity index (χ2n) is 3.48. The molecule has 0 aromatic carbocycles. The van der Waals surface area contributed by atoms with Gasteiger partial charge in [0.25, 0.3) is 5.91 Å². The molecule has 1 aliphatic rings. The third-order valence-electron chi connectivity index (χ3n) is 2.57. The summed E-state index contributed by atoms with van der Waals surface area (Å²) in [5.41, 5.74) is 5.44. The highest BCUT2D eigenvalue weighted by atomic mass is 16.6. The number of carbonyl (C=O) groups is 1. The van der Waals surface area contributed by atoms with Crippen molar-refractivity contribution in [3.8, 4) is 0 Å². The van der Waals surface area contributed by atoms with Crippen molar-refractivity contribution in [1.82, 2.24) is 15.2 Å². The molecular weight excluding hydrogens is 200 g/mol. The van der Waals surface area contributed by atoms with Crippen LogP contribution in [0.1, 0.15) is 23.3 Å². The van der Waals surface area contributed by atoms with Gasteiger partial charge in [0.15, 0.2) is 0 Å². The number of aliphatic hydroxyl groups is 1. The van der Waals surface area contributed by atoms with E-state index in [0.29, 0.717) is 6.54 Å². The smallest absolute Gasteiger partial charge is 0.280 e. The normalized spacial score (nSPS) is 20.9. The van der Waals surface area contributed by atoms with Crippen molar-refractivity contribution in [2.24, 2.45) is 0 Å². The molecule has 1 fully saturated rings. The van der Waals surface area contributed by atoms with E-state index in [1.54, 1.807) is 4.90 Å². The Labute approximate surface area is 85.8 Å². The van der Waals surface area contributed by atoms with Gasteiger partial charge in [-0.25, -0.2) is 4.63 Å². The number of nitrogens with two attached hydrogens (primary N) is 1. The number of anilines is 1. The van der Waals surface area contributed by atoms with Crippen LogP contribution >= 0.6 is 0 Å². The number of rotatable bonds is 2. The van der Waals surface area contributed by atoms with Crippen LogP contribution in [-0.2, 0) is 0 Å². The topological polar surface area (TPSA) is 105 Å². The minimum absolute atomic E-state index is 0.0106. The molecule has 0 radical (unpaired) electrons. The van der Waals surface area contributed by atoms with Gasteiger partial charge in [-0.05, 0) is 23.2 Å². The molecule has 0 unspecified atom stereocenters. The Kier molecular flexibility index (Phi) is 2.55. The summed E-state index contributed by atoms with van der Waals surface area (Å²) in [6, 6.07) is -0.145. The summed E-state index contributed by atoms with van der Waals surface area (Å²) in [7, 11) is 0. The summed E-state index contributed by atoms with van der Waals surface area (Å²) >= 11 is 0. The molecule has 0 saturated carbocycles. The fourth-order valence-electron chi connectivity index (χ4n) is 1.77. The lowest BCUT2D eigenvalue weighted by molar-refractivity contribution is 0.0667. The Bertz CT molecular complexity index is 365. The number of amides is 1. The number of aromatic nitrogens is 2. The summed E-state index contributed by atoms with van der Waals surface area (Å²) < 4.78 is 4.36. The molecule has 7 heteroatoms. The van der Waals surface area contributed by atoms with Crippen LogP contribution in [0.5, 0.6) is 0 Å². The van der Waals surface area contributed by atoms with Gasteiger partial charge in [-0.2, -0.15) is 0 Å². The van der Waals surface area contributed by atoms with E-state index >= 15 is 0 Å². The van der Waals surface area contributed by atoms with E-state index in [1.807, 2.05) is 0 Å². The van der Waals surface area contributed by atoms with Gasteiger partial charge in [-0.3, -0.25) is 4.79 Å². The van der Waals surface area contributed by atoms with Gasteiger partial charge in [0.1, 0.15) is 0 Å². The van der Waals surface area contributed by atoms with Gasteiger partial charge in [0.05, 0.1) is 12.6 Å². The minimum atomic E-state index is -0.328. The Morgan fingerprint density at radius 1 is 1.67 bits per heavy atom. The van der Waals surface area contributed by atoms with E-state index in [4.69, 9.17) is 10.8 Å². The first kappa shape index (κ1) is 9.91. The lowest BCUT2D eigenvalue weighted by Crippen LogP contribution is -2.38. The molecule has 1 aromatic heterocycles. The van der Waals surface area contributed by atoms with Crippen LogP contribution in [0.2, 0.25) is 0 Å². The van der Waals surface area contributed by atoms with Crippen LogP contribution in [0.15, 0.2) is 4.63 Å². The Morgan fingerprint density at radius 3 is 3.07 bits per heavy atom. The van der Waals surface area contributed by atoms with E-state index in [9.17, 15) is 4.79 Å². The van der Waals surface area contributed by atoms with Crippen molar-refractivity contribution in [3.05, 3.63) is 5.69 Å². The molecule has 1 aliphatic heterocycles. The number of likely N-dealkylation sites (tertiary alicyclic amines) is 1. The molecule has 0 spiro atoms. The van der Waals surface area contributed by atoms with Crippen molar-refractivity contribution >= 4 is 11.7 Å². The number of hydrogen-bond acceptors (Lipinski definition) is 6. The SMILES string of the molecule is Nc1nonc1C(=O)N1CCC[C@@H]1CO. The summed E-state index contributed by atoms with van der Waals surface area (Å²) in [5.74, 6) is -0.339. The summed E-state index contributed by atoms with van der Waals surface area (Å²) in [5, 5.41) is 15.9. The van der Waals surface area contributed by atoms with Crippen LogP contribution < -0.4 is 5.73 Å². The zero-order valence-corrected chi connectivity index (χ0v) is 8.09. The predicted octanol–water partition coefficient (Wildman–Crippen LogP) is -0.751. The second-order valence-corrected chi connectivity index (χ2v) is 3.48. The Hall–Kier alpha value is -1.63. The third kappa shape index (κ3) is 1.65. The summed E-state index contributed by atoms with van der Waals surface area (Å²) in [6.45, 7) is 0.563. The summed E-state index contributed by atoms with van der Waals surface area (Å²) in [6.07, 6.45) is 1.68. The summed E-state index contributed by atoms with van der Waals surface area (Å²) in [4.78, 5) is 13.4. The van der Waals surface area contributed by atoms with Crippen LogP contribution in [0.3, 0.4) is 0 Å². The number of carbonyl (C=O) groups excluding carboxylic acids is 1. The monoisotopic (exact) mass is 212 g/mol. The Balaban J connectivity index is 2.18. The molecule has 15 heavy (non-hydrogen) atoms. The maximum Gasteiger partial charge on any atom is 0.280 e. The van der Waals surface area contributed by atoms with Crippen LogP contribution in [-0.4, -0.2) is 45.4 Å². The molecule has 82 valence electrons. The van der Waals surface area contributed by atoms with Crippen molar-refractivity contribution in [2.45, 2.75) is 18.9 Å². The predicted molar refractivity (Wildman–Crippen MR) is 49.9 cm³/mol. The lowest BCUT2D eigenvalue weighted by Gasteiger charge is -2.21. The fourth-order valence-corrected chi connectivity index (χ4v) is 1.77. The van der Waals surface area contributed by atoms with Gasteiger partial charge >= 0.3 is 0 Å². The third-order valence-corrected chi connectivity index (χ3v) is 2.57. The van der Waals surface area contributed by atoms with E-state index in [-0.39, 0.29) is 30.1 Å². The molecule has 3 N–H and O–H groups in total. The van der Waals surface area contributed by atoms with Crippen molar-refractivity contribution in [3.63, 3.8) is 0 Å². The van der Waals surface area contributed by atoms with Crippen molar-refractivity contribution in [1.29, 1.82) is 0 Å². The number of aliphatic hydroxyl groups excluding tert-OH is 1. The highest BCUT2D eigenvalue weighted by Crippen LogP contribution is 2.20. The molecule has 1 atom stereocenters. The average Bonchev–Trinajstić information content (AvgIpc) is 2.84. The van der Waals surface area contributed by atoms with Crippen molar-refractivity contribution in [2.75, 3.05) is 18.9 Å². The van der Waals surface area contributed by atoms with E-state index < -0.39 is 0 Å². The second kappa shape index (κ2) is 3.85. The number of hydrogen-bond donors (Lipinski definition) is 2.